The topological polar surface area (TPSA) is 96.0 Å². The van der Waals surface area contributed by atoms with Crippen LogP contribution >= 0.6 is 27.5 Å². The number of nitro groups is 1. The molecule has 0 aliphatic carbocycles. The molecule has 2 aromatic rings. The maximum absolute atomic E-state index is 12.1. The Kier molecular flexibility index (Phi) is 5.68. The predicted molar refractivity (Wildman–Crippen MR) is 94.5 cm³/mol. The molecule has 2 aromatic carbocycles. The smallest absolute Gasteiger partial charge is 0.284 e. The fraction of sp³-hybridized carbons (Fsp3) is 0. The zero-order chi connectivity index (χ0) is 17.7. The normalized spacial score (nSPS) is 10.8. The van der Waals surface area contributed by atoms with Crippen LogP contribution in [0, 0.1) is 21.4 Å². The molecule has 1 N–H and O–H groups in total. The van der Waals surface area contributed by atoms with Gasteiger partial charge < -0.3 is 5.32 Å². The molecular formula is C16H9BrClN3O3. The number of nitriles is 1. The first-order chi connectivity index (χ1) is 11.4. The Morgan fingerprint density at radius 1 is 1.29 bits per heavy atom. The molecule has 0 saturated carbocycles. The van der Waals surface area contributed by atoms with Gasteiger partial charge in [-0.25, -0.2) is 0 Å². The van der Waals surface area contributed by atoms with Gasteiger partial charge in [0.2, 0.25) is 0 Å². The maximum Gasteiger partial charge on any atom is 0.284 e. The molecule has 120 valence electrons. The molecule has 24 heavy (non-hydrogen) atoms. The number of rotatable bonds is 4. The van der Waals surface area contributed by atoms with Gasteiger partial charge in [0.1, 0.15) is 11.6 Å². The molecule has 0 aliphatic rings. The fourth-order valence-electron chi connectivity index (χ4n) is 1.81. The Balaban J connectivity index is 2.27. The van der Waals surface area contributed by atoms with Gasteiger partial charge in [0, 0.05) is 16.8 Å². The second kappa shape index (κ2) is 7.73. The summed E-state index contributed by atoms with van der Waals surface area (Å²) in [6.07, 6.45) is 1.28. The summed E-state index contributed by atoms with van der Waals surface area (Å²) in [7, 11) is 0. The SMILES string of the molecule is N#C/C(=C/c1ccc(Br)c([N+](=O)[O-])c1)C(=O)Nc1ccc(Cl)cc1. The molecule has 2 rings (SSSR count). The van der Waals surface area contributed by atoms with E-state index < -0.39 is 10.8 Å². The minimum absolute atomic E-state index is 0.154. The van der Waals surface area contributed by atoms with Gasteiger partial charge in [-0.1, -0.05) is 17.7 Å². The highest BCUT2D eigenvalue weighted by Crippen LogP contribution is 2.26. The highest BCUT2D eigenvalue weighted by molar-refractivity contribution is 9.10. The van der Waals surface area contributed by atoms with Crippen LogP contribution in [-0.2, 0) is 4.79 Å². The molecule has 0 radical (unpaired) electrons. The number of halogens is 2. The van der Waals surface area contributed by atoms with Crippen molar-refractivity contribution in [3.63, 3.8) is 0 Å². The largest absolute Gasteiger partial charge is 0.321 e. The van der Waals surface area contributed by atoms with Crippen molar-refractivity contribution in [2.45, 2.75) is 0 Å². The number of amides is 1. The van der Waals surface area contributed by atoms with E-state index in [-0.39, 0.29) is 11.3 Å². The lowest BCUT2D eigenvalue weighted by molar-refractivity contribution is -0.385. The van der Waals surface area contributed by atoms with Gasteiger partial charge in [-0.05, 0) is 57.9 Å². The highest BCUT2D eigenvalue weighted by atomic mass is 79.9. The van der Waals surface area contributed by atoms with Crippen molar-refractivity contribution in [3.05, 3.63) is 73.2 Å². The first kappa shape index (κ1) is 17.7. The van der Waals surface area contributed by atoms with Crippen LogP contribution in [0.15, 0.2) is 52.5 Å². The summed E-state index contributed by atoms with van der Waals surface area (Å²) < 4.78 is 0.314. The van der Waals surface area contributed by atoms with Crippen LogP contribution in [0.1, 0.15) is 5.56 Å². The third kappa shape index (κ3) is 4.41. The second-order valence-corrected chi connectivity index (χ2v) is 5.89. The Morgan fingerprint density at radius 2 is 1.96 bits per heavy atom. The zero-order valence-corrected chi connectivity index (χ0v) is 14.3. The number of benzene rings is 2. The van der Waals surface area contributed by atoms with Gasteiger partial charge in [-0.2, -0.15) is 5.26 Å². The Bertz CT molecular complexity index is 873. The number of nitrogens with one attached hydrogen (secondary N) is 1. The van der Waals surface area contributed by atoms with Crippen LogP contribution in [0.4, 0.5) is 11.4 Å². The predicted octanol–water partition coefficient (Wildman–Crippen LogP) is 4.56. The van der Waals surface area contributed by atoms with E-state index in [1.54, 1.807) is 36.4 Å². The molecule has 0 aromatic heterocycles. The Morgan fingerprint density at radius 3 is 2.54 bits per heavy atom. The van der Waals surface area contributed by atoms with Gasteiger partial charge in [-0.3, -0.25) is 14.9 Å². The van der Waals surface area contributed by atoms with Gasteiger partial charge in [0.05, 0.1) is 9.40 Å². The Labute approximate surface area is 150 Å². The van der Waals surface area contributed by atoms with Gasteiger partial charge in [-0.15, -0.1) is 0 Å². The molecule has 8 heteroatoms. The van der Waals surface area contributed by atoms with Crippen LogP contribution in [0.5, 0.6) is 0 Å². The zero-order valence-electron chi connectivity index (χ0n) is 12.0. The van der Waals surface area contributed by atoms with E-state index in [9.17, 15) is 14.9 Å². The number of anilines is 1. The molecule has 0 heterocycles. The molecule has 1 amide bonds. The van der Waals surface area contributed by atoms with E-state index in [0.717, 1.165) is 0 Å². The van der Waals surface area contributed by atoms with Crippen molar-refractivity contribution < 1.29 is 9.72 Å². The van der Waals surface area contributed by atoms with E-state index in [4.69, 9.17) is 16.9 Å². The lowest BCUT2D eigenvalue weighted by atomic mass is 10.1. The summed E-state index contributed by atoms with van der Waals surface area (Å²) in [5.41, 5.74) is 0.515. The summed E-state index contributed by atoms with van der Waals surface area (Å²) in [5.74, 6) is -0.620. The molecule has 0 bridgehead atoms. The van der Waals surface area contributed by atoms with E-state index in [1.165, 1.54) is 18.2 Å². The number of hydrogen-bond donors (Lipinski definition) is 1. The van der Waals surface area contributed by atoms with Crippen molar-refractivity contribution in [1.29, 1.82) is 5.26 Å². The molecule has 0 fully saturated rings. The van der Waals surface area contributed by atoms with Crippen molar-refractivity contribution in [3.8, 4) is 6.07 Å². The van der Waals surface area contributed by atoms with Gasteiger partial charge >= 0.3 is 0 Å². The van der Waals surface area contributed by atoms with Crippen LogP contribution in [0.2, 0.25) is 5.02 Å². The number of carbonyl (C=O) groups is 1. The van der Waals surface area contributed by atoms with Crippen molar-refractivity contribution >= 4 is 50.9 Å². The lowest BCUT2D eigenvalue weighted by Gasteiger charge is -2.04. The fourth-order valence-corrected chi connectivity index (χ4v) is 2.32. The van der Waals surface area contributed by atoms with E-state index in [1.807, 2.05) is 0 Å². The monoisotopic (exact) mass is 405 g/mol. The number of nitro benzene ring substituents is 1. The van der Waals surface area contributed by atoms with Crippen LogP contribution in [0.25, 0.3) is 6.08 Å². The van der Waals surface area contributed by atoms with E-state index >= 15 is 0 Å². The maximum atomic E-state index is 12.1. The molecule has 0 aliphatic heterocycles. The standard InChI is InChI=1S/C16H9BrClN3O3/c17-14-6-1-10(8-15(14)21(23)24)7-11(9-19)16(22)20-13-4-2-12(18)3-5-13/h1-8H,(H,20,22)/b11-7-. The van der Waals surface area contributed by atoms with Crippen molar-refractivity contribution in [2.24, 2.45) is 0 Å². The summed E-state index contributed by atoms with van der Waals surface area (Å²) in [5, 5.41) is 23.2. The van der Waals surface area contributed by atoms with E-state index in [2.05, 4.69) is 21.2 Å². The van der Waals surface area contributed by atoms with Crippen LogP contribution in [0.3, 0.4) is 0 Å². The third-order valence-corrected chi connectivity index (χ3v) is 3.87. The van der Waals surface area contributed by atoms with Gasteiger partial charge in [0.25, 0.3) is 11.6 Å². The first-order valence-corrected chi connectivity index (χ1v) is 7.70. The minimum atomic E-state index is -0.620. The third-order valence-electron chi connectivity index (χ3n) is 2.95. The minimum Gasteiger partial charge on any atom is -0.321 e. The molecule has 0 atom stereocenters. The quantitative estimate of drug-likeness (QED) is 0.348. The summed E-state index contributed by atoms with van der Waals surface area (Å²) in [6, 6.07) is 12.5. The van der Waals surface area contributed by atoms with Crippen molar-refractivity contribution in [2.75, 3.05) is 5.32 Å². The van der Waals surface area contributed by atoms with Crippen LogP contribution < -0.4 is 5.32 Å². The summed E-state index contributed by atoms with van der Waals surface area (Å²) in [6.45, 7) is 0. The average molecular weight is 407 g/mol. The van der Waals surface area contributed by atoms with Crippen molar-refractivity contribution in [1.82, 2.24) is 0 Å². The number of nitrogens with zero attached hydrogens (tertiary/aromatic N) is 2. The summed E-state index contributed by atoms with van der Waals surface area (Å²) in [4.78, 5) is 22.5. The molecule has 6 nitrogen and oxygen atoms in total. The molecule has 0 saturated heterocycles. The average Bonchev–Trinajstić information content (AvgIpc) is 2.55. The molecule has 0 spiro atoms. The molecule has 0 unspecified atom stereocenters. The lowest BCUT2D eigenvalue weighted by Crippen LogP contribution is -2.13. The number of carbonyl (C=O) groups excluding carboxylic acids is 1. The summed E-state index contributed by atoms with van der Waals surface area (Å²) >= 11 is 8.84. The van der Waals surface area contributed by atoms with Crippen LogP contribution in [-0.4, -0.2) is 10.8 Å². The second-order valence-electron chi connectivity index (χ2n) is 4.60. The highest BCUT2D eigenvalue weighted by Gasteiger charge is 2.14. The van der Waals surface area contributed by atoms with E-state index in [0.29, 0.717) is 20.7 Å². The molecular weight excluding hydrogens is 398 g/mol. The Hall–Kier alpha value is -2.69. The number of hydrogen-bond acceptors (Lipinski definition) is 4. The van der Waals surface area contributed by atoms with Gasteiger partial charge in [0.15, 0.2) is 0 Å². The first-order valence-electron chi connectivity index (χ1n) is 6.53.